The molecule has 1 heterocycles. The zero-order chi connectivity index (χ0) is 25.2. The first-order valence-electron chi connectivity index (χ1n) is 14.8. The second-order valence-corrected chi connectivity index (χ2v) is 9.93. The van der Waals surface area contributed by atoms with Crippen LogP contribution in [0.4, 0.5) is 0 Å². The summed E-state index contributed by atoms with van der Waals surface area (Å²) >= 11 is 0. The number of carbonyl (C=O) groups is 1. The molecule has 4 heteroatoms. The fraction of sp³-hybridized carbons (Fsp3) is 0.750. The van der Waals surface area contributed by atoms with E-state index < -0.39 is 0 Å². The first-order valence-corrected chi connectivity index (χ1v) is 14.8. The van der Waals surface area contributed by atoms with Gasteiger partial charge in [0.25, 0.3) is 0 Å². The van der Waals surface area contributed by atoms with E-state index >= 15 is 0 Å². The standard InChI is InChI=1S/C32H53N2O.HI/c1-3-5-6-7-8-9-10-11-12-13-14-15-16-17-18-19-20-21-22-23-26-32(35)27-24-25-28-34-30-29-33(4-2)31-34;/h29-31H,3-12,17-28H2,1-2H3;1H/q+1;/p-1. The Bertz CT molecular complexity index is 762. The maximum absolute atomic E-state index is 12.1. The monoisotopic (exact) mass is 608 g/mol. The maximum Gasteiger partial charge on any atom is 0.243 e. The van der Waals surface area contributed by atoms with Crippen molar-refractivity contribution in [2.75, 3.05) is 0 Å². The number of nitrogens with zero attached hydrogens (tertiary/aromatic N) is 2. The Hall–Kier alpha value is -1.27. The number of halogens is 1. The van der Waals surface area contributed by atoms with Crippen molar-refractivity contribution in [3.8, 4) is 23.7 Å². The molecule has 204 valence electrons. The minimum atomic E-state index is 0. The van der Waals surface area contributed by atoms with Gasteiger partial charge in [-0.25, -0.2) is 9.13 Å². The average molecular weight is 609 g/mol. The summed E-state index contributed by atoms with van der Waals surface area (Å²) in [5.74, 6) is 12.9. The van der Waals surface area contributed by atoms with E-state index in [1.165, 1.54) is 83.5 Å². The molecule has 0 aliphatic carbocycles. The van der Waals surface area contributed by atoms with E-state index in [4.69, 9.17) is 0 Å². The van der Waals surface area contributed by atoms with Gasteiger partial charge in [0.05, 0.1) is 13.1 Å². The number of Topliss-reactive ketones (excluding diaryl/α,β-unsaturated/α-hetero) is 1. The topological polar surface area (TPSA) is 25.9 Å². The summed E-state index contributed by atoms with van der Waals surface area (Å²) in [6, 6.07) is 0. The molecule has 36 heavy (non-hydrogen) atoms. The Morgan fingerprint density at radius 3 is 1.72 bits per heavy atom. The second-order valence-electron chi connectivity index (χ2n) is 9.93. The highest BCUT2D eigenvalue weighted by Gasteiger charge is 2.04. The molecule has 3 nitrogen and oxygen atoms in total. The van der Waals surface area contributed by atoms with Crippen LogP contribution in [0.5, 0.6) is 0 Å². The molecule has 0 spiro atoms. The van der Waals surface area contributed by atoms with Gasteiger partial charge in [0.2, 0.25) is 6.33 Å². The smallest absolute Gasteiger partial charge is 0.243 e. The number of ketones is 1. The van der Waals surface area contributed by atoms with E-state index in [0.29, 0.717) is 5.78 Å². The number of carbonyl (C=O) groups excluding carboxylic acids is 1. The molecule has 0 saturated carbocycles. The summed E-state index contributed by atoms with van der Waals surface area (Å²) < 4.78 is 4.39. The molecule has 0 radical (unpaired) electrons. The normalized spacial score (nSPS) is 10.2. The van der Waals surface area contributed by atoms with Gasteiger partial charge in [0, 0.05) is 25.7 Å². The number of hydrogen-bond donors (Lipinski definition) is 0. The maximum atomic E-state index is 12.1. The molecule has 0 N–H and O–H groups in total. The third-order valence-corrected chi connectivity index (χ3v) is 6.64. The third-order valence-electron chi connectivity index (χ3n) is 6.64. The predicted octanol–water partition coefficient (Wildman–Crippen LogP) is 5.20. The van der Waals surface area contributed by atoms with Gasteiger partial charge in [-0.1, -0.05) is 89.4 Å². The van der Waals surface area contributed by atoms with Crippen LogP contribution in [0.3, 0.4) is 0 Å². The highest BCUT2D eigenvalue weighted by Crippen LogP contribution is 2.11. The minimum absolute atomic E-state index is 0. The van der Waals surface area contributed by atoms with Crippen LogP contribution in [0.25, 0.3) is 0 Å². The molecule has 1 aromatic heterocycles. The molecular weight excluding hydrogens is 555 g/mol. The van der Waals surface area contributed by atoms with Gasteiger partial charge in [0.1, 0.15) is 18.2 Å². The van der Waals surface area contributed by atoms with Crippen molar-refractivity contribution in [3.05, 3.63) is 18.7 Å². The van der Waals surface area contributed by atoms with Gasteiger partial charge in [-0.3, -0.25) is 4.79 Å². The quantitative estimate of drug-likeness (QED) is 0.0770. The Kier molecular flexibility index (Phi) is 25.8. The van der Waals surface area contributed by atoms with Crippen molar-refractivity contribution in [1.82, 2.24) is 4.57 Å². The lowest BCUT2D eigenvalue weighted by molar-refractivity contribution is -0.696. The minimum Gasteiger partial charge on any atom is -1.00 e. The average Bonchev–Trinajstić information content (AvgIpc) is 3.33. The lowest BCUT2D eigenvalue weighted by Crippen LogP contribution is -3.00. The van der Waals surface area contributed by atoms with E-state index in [1.807, 2.05) is 0 Å². The van der Waals surface area contributed by atoms with Crippen molar-refractivity contribution in [2.45, 2.75) is 155 Å². The first kappa shape index (κ1) is 34.7. The Morgan fingerprint density at radius 1 is 0.694 bits per heavy atom. The molecular formula is C32H53IN2O. The van der Waals surface area contributed by atoms with Gasteiger partial charge >= 0.3 is 0 Å². The van der Waals surface area contributed by atoms with Gasteiger partial charge in [-0.15, -0.1) is 0 Å². The fourth-order valence-electron chi connectivity index (χ4n) is 4.30. The van der Waals surface area contributed by atoms with E-state index in [0.717, 1.165) is 58.0 Å². The molecule has 1 aromatic rings. The Morgan fingerprint density at radius 2 is 1.19 bits per heavy atom. The lowest BCUT2D eigenvalue weighted by Gasteiger charge is -2.02. The molecule has 1 rings (SSSR count). The van der Waals surface area contributed by atoms with E-state index in [9.17, 15) is 4.79 Å². The number of imidazole rings is 1. The Labute approximate surface area is 240 Å². The van der Waals surface area contributed by atoms with Gasteiger partial charge < -0.3 is 24.0 Å². The van der Waals surface area contributed by atoms with E-state index in [1.54, 1.807) is 0 Å². The molecule has 0 atom stereocenters. The largest absolute Gasteiger partial charge is 1.00 e. The molecule has 0 bridgehead atoms. The van der Waals surface area contributed by atoms with Crippen molar-refractivity contribution in [3.63, 3.8) is 0 Å². The zero-order valence-corrected chi connectivity index (χ0v) is 25.6. The predicted molar refractivity (Wildman–Crippen MR) is 149 cm³/mol. The highest BCUT2D eigenvalue weighted by molar-refractivity contribution is 5.78. The van der Waals surface area contributed by atoms with Crippen LogP contribution in [0.15, 0.2) is 18.7 Å². The summed E-state index contributed by atoms with van der Waals surface area (Å²) in [6.07, 6.45) is 29.9. The summed E-state index contributed by atoms with van der Waals surface area (Å²) in [6.45, 7) is 6.44. The van der Waals surface area contributed by atoms with Crippen molar-refractivity contribution in [1.29, 1.82) is 0 Å². The van der Waals surface area contributed by atoms with Crippen LogP contribution in [-0.4, -0.2) is 10.4 Å². The fourth-order valence-corrected chi connectivity index (χ4v) is 4.30. The lowest BCUT2D eigenvalue weighted by atomic mass is 10.0. The van der Waals surface area contributed by atoms with Crippen molar-refractivity contribution < 1.29 is 33.3 Å². The number of aromatic nitrogens is 2. The molecule has 0 aliphatic rings. The highest BCUT2D eigenvalue weighted by atomic mass is 127. The van der Waals surface area contributed by atoms with E-state index in [-0.39, 0.29) is 24.0 Å². The summed E-state index contributed by atoms with van der Waals surface area (Å²) in [7, 11) is 0. The summed E-state index contributed by atoms with van der Waals surface area (Å²) in [5.41, 5.74) is 0. The SMILES string of the molecule is CCCCCCCCCCC#CC#CCCCCCCCCC(=O)CCCC[n+]1ccn(CC)c1.[I-]. The molecule has 0 fully saturated rings. The van der Waals surface area contributed by atoms with Crippen molar-refractivity contribution in [2.24, 2.45) is 0 Å². The van der Waals surface area contributed by atoms with Gasteiger partial charge in [0.15, 0.2) is 0 Å². The first-order chi connectivity index (χ1) is 17.3. The van der Waals surface area contributed by atoms with Crippen LogP contribution in [0, 0.1) is 23.7 Å². The van der Waals surface area contributed by atoms with Crippen molar-refractivity contribution >= 4 is 5.78 Å². The van der Waals surface area contributed by atoms with Crippen LogP contribution >= 0.6 is 0 Å². The summed E-state index contributed by atoms with van der Waals surface area (Å²) in [4.78, 5) is 12.1. The zero-order valence-electron chi connectivity index (χ0n) is 23.5. The molecule has 0 unspecified atom stereocenters. The van der Waals surface area contributed by atoms with Gasteiger partial charge in [-0.2, -0.15) is 0 Å². The molecule has 0 amide bonds. The van der Waals surface area contributed by atoms with Crippen LogP contribution < -0.4 is 28.5 Å². The Balaban J connectivity index is 0.0000122. The number of aryl methyl sites for hydroxylation is 2. The third kappa shape index (κ3) is 22.0. The molecule has 0 saturated heterocycles. The van der Waals surface area contributed by atoms with Gasteiger partial charge in [-0.05, 0) is 50.9 Å². The second kappa shape index (κ2) is 26.8. The number of hydrogen-bond acceptors (Lipinski definition) is 1. The number of unbranched alkanes of at least 4 members (excludes halogenated alkanes) is 15. The molecule has 0 aliphatic heterocycles. The van der Waals surface area contributed by atoms with Crippen LogP contribution in [0.1, 0.15) is 142 Å². The van der Waals surface area contributed by atoms with Crippen LogP contribution in [-0.2, 0) is 17.9 Å². The van der Waals surface area contributed by atoms with Crippen LogP contribution in [0.2, 0.25) is 0 Å². The summed E-state index contributed by atoms with van der Waals surface area (Å²) in [5, 5.41) is 0. The molecule has 0 aromatic carbocycles. The van der Waals surface area contributed by atoms with E-state index in [2.05, 4.69) is 65.4 Å². The number of rotatable bonds is 22.